The number of carbonyl (C=O) groups excluding carboxylic acids is 1. The largest absolute Gasteiger partial charge is 0.497 e. The van der Waals surface area contributed by atoms with Gasteiger partial charge in [0.05, 0.1) is 24.8 Å². The number of aromatic nitrogens is 2. The van der Waals surface area contributed by atoms with Crippen molar-refractivity contribution in [2.24, 2.45) is 11.8 Å². The van der Waals surface area contributed by atoms with Crippen molar-refractivity contribution < 1.29 is 14.3 Å². The number of fused-ring (bicyclic) bond motifs is 2. The minimum atomic E-state index is -0.0691. The number of ether oxygens (including phenoxy) is 2. The predicted octanol–water partition coefficient (Wildman–Crippen LogP) is 2.21. The molecule has 0 spiro atoms. The number of methoxy groups -OCH3 is 2. The molecule has 4 N–H and O–H groups in total. The number of amides is 1. The van der Waals surface area contributed by atoms with E-state index in [0.29, 0.717) is 38.7 Å². The summed E-state index contributed by atoms with van der Waals surface area (Å²) >= 11 is 1.33. The molecule has 2 aliphatic rings. The van der Waals surface area contributed by atoms with Gasteiger partial charge in [-0.25, -0.2) is 9.97 Å². The molecule has 1 saturated heterocycles. The van der Waals surface area contributed by atoms with Crippen LogP contribution in [-0.2, 0) is 0 Å². The van der Waals surface area contributed by atoms with E-state index in [9.17, 15) is 4.79 Å². The highest BCUT2D eigenvalue weighted by atomic mass is 32.1. The number of carbonyl (C=O) groups is 1. The summed E-state index contributed by atoms with van der Waals surface area (Å²) in [5, 5.41) is 7.29. The Morgan fingerprint density at radius 3 is 2.67 bits per heavy atom. The first kappa shape index (κ1) is 19.1. The van der Waals surface area contributed by atoms with Gasteiger partial charge in [0.15, 0.2) is 0 Å². The maximum atomic E-state index is 12.9. The molecule has 0 radical (unpaired) electrons. The molecule has 1 aliphatic carbocycles. The number of nitrogens with one attached hydrogen (secondary N) is 2. The van der Waals surface area contributed by atoms with Gasteiger partial charge >= 0.3 is 0 Å². The van der Waals surface area contributed by atoms with Gasteiger partial charge in [-0.2, -0.15) is 0 Å². The zero-order valence-electron chi connectivity index (χ0n) is 17.0. The highest BCUT2D eigenvalue weighted by Gasteiger charge is 2.53. The Kier molecular flexibility index (Phi) is 4.52. The third-order valence-corrected chi connectivity index (χ3v) is 7.02. The molecule has 5 rings (SSSR count). The maximum Gasteiger partial charge on any atom is 0.261 e. The van der Waals surface area contributed by atoms with Crippen molar-refractivity contribution in [3.8, 4) is 22.8 Å². The summed E-state index contributed by atoms with van der Waals surface area (Å²) in [7, 11) is 3.22. The number of thiophene rings is 1. The average molecular weight is 426 g/mol. The quantitative estimate of drug-likeness (QED) is 0.575. The lowest BCUT2D eigenvalue weighted by Gasteiger charge is -2.14. The molecule has 30 heavy (non-hydrogen) atoms. The van der Waals surface area contributed by atoms with Gasteiger partial charge in [-0.05, 0) is 36.5 Å². The number of nitrogens with two attached hydrogens (primary N) is 1. The number of nitrogen functional groups attached to an aromatic ring is 1. The smallest absolute Gasteiger partial charge is 0.261 e. The topological polar surface area (TPSA) is 111 Å². The molecule has 1 saturated carbocycles. The fourth-order valence-electron chi connectivity index (χ4n) is 4.40. The van der Waals surface area contributed by atoms with Crippen LogP contribution in [0.4, 0.5) is 5.95 Å². The Balaban J connectivity index is 1.56. The summed E-state index contributed by atoms with van der Waals surface area (Å²) < 4.78 is 11.0. The number of hydrogen-bond acceptors (Lipinski definition) is 8. The first-order valence-electron chi connectivity index (χ1n) is 9.81. The molecule has 0 bridgehead atoms. The van der Waals surface area contributed by atoms with Gasteiger partial charge < -0.3 is 25.8 Å². The first-order chi connectivity index (χ1) is 14.5. The zero-order valence-corrected chi connectivity index (χ0v) is 17.8. The van der Waals surface area contributed by atoms with Gasteiger partial charge in [0.2, 0.25) is 5.95 Å². The molecule has 9 heteroatoms. The molecule has 2 aromatic heterocycles. The highest BCUT2D eigenvalue weighted by molar-refractivity contribution is 7.20. The van der Waals surface area contributed by atoms with Gasteiger partial charge in [-0.1, -0.05) is 0 Å². The first-order valence-corrected chi connectivity index (χ1v) is 10.6. The highest BCUT2D eigenvalue weighted by Crippen LogP contribution is 2.43. The Morgan fingerprint density at radius 1 is 1.20 bits per heavy atom. The van der Waals surface area contributed by atoms with Crippen molar-refractivity contribution in [2.75, 3.05) is 33.0 Å². The van der Waals surface area contributed by atoms with Crippen molar-refractivity contribution in [2.45, 2.75) is 13.0 Å². The Morgan fingerprint density at radius 2 is 1.97 bits per heavy atom. The van der Waals surface area contributed by atoms with Gasteiger partial charge in [-0.15, -0.1) is 11.3 Å². The van der Waals surface area contributed by atoms with E-state index in [1.807, 2.05) is 25.1 Å². The standard InChI is InChI=1S/C21H23N5O3S/c1-9-4-10(28-2)5-14(29-3)16(9)18-11-6-15(30-20(11)26-21(22)25-18)19(27)24-17-12-7-23-8-13(12)17/h4-6,12-13,17,23H,7-8H2,1-3H3,(H,24,27)(H2,22,25,26)/t12-,13+,17?. The molecular weight excluding hydrogens is 402 g/mol. The minimum absolute atomic E-state index is 0.0691. The Hall–Kier alpha value is -2.91. The van der Waals surface area contributed by atoms with E-state index in [1.54, 1.807) is 14.2 Å². The predicted molar refractivity (Wildman–Crippen MR) is 116 cm³/mol. The van der Waals surface area contributed by atoms with Crippen molar-refractivity contribution in [1.29, 1.82) is 0 Å². The normalized spacial score (nSPS) is 22.0. The molecule has 2 fully saturated rings. The lowest BCUT2D eigenvalue weighted by Crippen LogP contribution is -2.32. The van der Waals surface area contributed by atoms with Crippen molar-refractivity contribution in [3.05, 3.63) is 28.6 Å². The maximum absolute atomic E-state index is 12.9. The lowest BCUT2D eigenvalue weighted by molar-refractivity contribution is 0.0950. The number of aryl methyl sites for hydroxylation is 1. The number of benzene rings is 1. The van der Waals surface area contributed by atoms with E-state index >= 15 is 0 Å². The number of nitrogens with zero attached hydrogens (tertiary/aromatic N) is 2. The van der Waals surface area contributed by atoms with Crippen LogP contribution in [-0.4, -0.2) is 49.2 Å². The molecule has 3 atom stereocenters. The number of anilines is 1. The summed E-state index contributed by atoms with van der Waals surface area (Å²) in [4.78, 5) is 23.0. The van der Waals surface area contributed by atoms with E-state index in [-0.39, 0.29) is 17.9 Å². The number of piperidine rings is 1. The average Bonchev–Trinajstić information content (AvgIpc) is 3.10. The van der Waals surface area contributed by atoms with Gasteiger partial charge in [0.25, 0.3) is 5.91 Å². The molecule has 1 amide bonds. The Labute approximate surface area is 177 Å². The van der Waals surface area contributed by atoms with Crippen molar-refractivity contribution in [3.63, 3.8) is 0 Å². The van der Waals surface area contributed by atoms with E-state index < -0.39 is 0 Å². The van der Waals surface area contributed by atoms with Gasteiger partial charge in [-0.3, -0.25) is 4.79 Å². The van der Waals surface area contributed by atoms with Crippen LogP contribution in [0.5, 0.6) is 11.5 Å². The van der Waals surface area contributed by atoms with Crippen LogP contribution in [0.1, 0.15) is 15.2 Å². The van der Waals surface area contributed by atoms with Gasteiger partial charge in [0, 0.05) is 36.1 Å². The molecule has 156 valence electrons. The molecule has 1 aromatic carbocycles. The number of rotatable bonds is 5. The van der Waals surface area contributed by atoms with Gasteiger partial charge in [0.1, 0.15) is 16.3 Å². The third kappa shape index (κ3) is 3.05. The summed E-state index contributed by atoms with van der Waals surface area (Å²) in [5.74, 6) is 2.52. The molecule has 3 aromatic rings. The second-order valence-electron chi connectivity index (χ2n) is 7.77. The SMILES string of the molecule is COc1cc(C)c(-c2nc(N)nc3sc(C(=O)NC4[C@H]5CNC[C@@H]45)cc23)c(OC)c1. The van der Waals surface area contributed by atoms with E-state index in [4.69, 9.17) is 15.2 Å². The summed E-state index contributed by atoms with van der Waals surface area (Å²) in [6, 6.07) is 5.85. The number of hydrogen-bond donors (Lipinski definition) is 3. The van der Waals surface area contributed by atoms with Crippen LogP contribution in [0.15, 0.2) is 18.2 Å². The summed E-state index contributed by atoms with van der Waals surface area (Å²) in [6.07, 6.45) is 0. The fraction of sp³-hybridized carbons (Fsp3) is 0.381. The molecule has 1 unspecified atom stereocenters. The zero-order chi connectivity index (χ0) is 21.0. The summed E-state index contributed by atoms with van der Waals surface area (Å²) in [6.45, 7) is 3.92. The van der Waals surface area contributed by atoms with Crippen LogP contribution in [0, 0.1) is 18.8 Å². The second kappa shape index (κ2) is 7.10. The summed E-state index contributed by atoms with van der Waals surface area (Å²) in [5.41, 5.74) is 8.40. The molecule has 8 nitrogen and oxygen atoms in total. The van der Waals surface area contributed by atoms with Crippen LogP contribution in [0.25, 0.3) is 21.5 Å². The van der Waals surface area contributed by atoms with Crippen LogP contribution in [0.2, 0.25) is 0 Å². The van der Waals surface area contributed by atoms with Crippen LogP contribution in [0.3, 0.4) is 0 Å². The van der Waals surface area contributed by atoms with E-state index in [0.717, 1.165) is 29.6 Å². The lowest BCUT2D eigenvalue weighted by atomic mass is 10.0. The molecular formula is C21H23N5O3S. The second-order valence-corrected chi connectivity index (χ2v) is 8.80. The van der Waals surface area contributed by atoms with Crippen LogP contribution >= 0.6 is 11.3 Å². The van der Waals surface area contributed by atoms with Crippen LogP contribution < -0.4 is 25.8 Å². The molecule has 3 heterocycles. The molecule has 1 aliphatic heterocycles. The minimum Gasteiger partial charge on any atom is -0.497 e. The van der Waals surface area contributed by atoms with E-state index in [2.05, 4.69) is 20.6 Å². The van der Waals surface area contributed by atoms with Crippen molar-refractivity contribution >= 4 is 33.4 Å². The monoisotopic (exact) mass is 425 g/mol. The Bertz CT molecular complexity index is 1150. The van der Waals surface area contributed by atoms with E-state index in [1.165, 1.54) is 11.3 Å². The third-order valence-electron chi connectivity index (χ3n) is 5.99. The van der Waals surface area contributed by atoms with Crippen molar-refractivity contribution in [1.82, 2.24) is 20.6 Å². The fourth-order valence-corrected chi connectivity index (χ4v) is 5.34.